The predicted molar refractivity (Wildman–Crippen MR) is 47.8 cm³/mol. The molecule has 1 N–H and O–H groups in total. The second-order valence-corrected chi connectivity index (χ2v) is 4.71. The van der Waals surface area contributed by atoms with E-state index in [-0.39, 0.29) is 16.1 Å². The largest absolute Gasteiger partial charge is 0.328 e. The molecule has 7 heteroatoms. The van der Waals surface area contributed by atoms with E-state index in [1.807, 2.05) is 0 Å². The number of alkyl halides is 3. The fourth-order valence-corrected chi connectivity index (χ4v) is 0.997. The third kappa shape index (κ3) is 2.30. The molecule has 0 bridgehead atoms. The number of hydrogen-bond donors (Lipinski definition) is 1. The van der Waals surface area contributed by atoms with Crippen LogP contribution in [0, 0.1) is 0 Å². The fourth-order valence-electron chi connectivity index (χ4n) is 0.465. The maximum absolute atomic E-state index is 5.51. The van der Waals surface area contributed by atoms with Crippen molar-refractivity contribution in [1.29, 1.82) is 0 Å². The molecule has 0 saturated carbocycles. The van der Waals surface area contributed by atoms with Gasteiger partial charge in [-0.05, 0) is 0 Å². The van der Waals surface area contributed by atoms with Gasteiger partial charge in [-0.15, -0.1) is 0 Å². The van der Waals surface area contributed by atoms with E-state index in [1.54, 1.807) is 0 Å². The number of hydrogen-bond acceptors (Lipinski definition) is 1. The van der Waals surface area contributed by atoms with Crippen LogP contribution >= 0.6 is 58.0 Å². The van der Waals surface area contributed by atoms with Crippen LogP contribution in [0.2, 0.25) is 10.3 Å². The van der Waals surface area contributed by atoms with Crippen LogP contribution < -0.4 is 0 Å². The second-order valence-electron chi connectivity index (χ2n) is 1.69. The first-order valence-electron chi connectivity index (χ1n) is 2.39. The van der Waals surface area contributed by atoms with E-state index in [0.717, 1.165) is 0 Å². The molecule has 11 heavy (non-hydrogen) atoms. The number of aromatic nitrogens is 2. The summed E-state index contributed by atoms with van der Waals surface area (Å²) in [5, 5.41) is 0.251. The van der Waals surface area contributed by atoms with Gasteiger partial charge in [-0.3, -0.25) is 0 Å². The highest BCUT2D eigenvalue weighted by molar-refractivity contribution is 6.66. The van der Waals surface area contributed by atoms with Crippen LogP contribution in [0.1, 0.15) is 5.82 Å². The van der Waals surface area contributed by atoms with E-state index in [1.165, 1.54) is 0 Å². The van der Waals surface area contributed by atoms with E-state index in [0.29, 0.717) is 0 Å². The van der Waals surface area contributed by atoms with Gasteiger partial charge in [0.15, 0.2) is 11.0 Å². The molecule has 0 atom stereocenters. The molecule has 0 amide bonds. The van der Waals surface area contributed by atoms with E-state index in [2.05, 4.69) is 9.97 Å². The molecular formula is C4HCl5N2. The van der Waals surface area contributed by atoms with Gasteiger partial charge in [0.2, 0.25) is 3.79 Å². The van der Waals surface area contributed by atoms with Gasteiger partial charge in [0.1, 0.15) is 5.15 Å². The van der Waals surface area contributed by atoms with Gasteiger partial charge in [0, 0.05) is 0 Å². The molecule has 0 aliphatic carbocycles. The van der Waals surface area contributed by atoms with Gasteiger partial charge in [-0.2, -0.15) is 0 Å². The normalized spacial score (nSPS) is 12.1. The molecule has 62 valence electrons. The number of halogens is 5. The number of H-pyrrole nitrogens is 1. The summed E-state index contributed by atoms with van der Waals surface area (Å²) in [5.74, 6) is 0.109. The highest BCUT2D eigenvalue weighted by atomic mass is 35.6. The summed E-state index contributed by atoms with van der Waals surface area (Å²) < 4.78 is -1.61. The molecule has 0 aliphatic heterocycles. The summed E-state index contributed by atoms with van der Waals surface area (Å²) in [6, 6.07) is 0. The molecule has 0 radical (unpaired) electrons. The van der Waals surface area contributed by atoms with Crippen LogP contribution in [-0.2, 0) is 3.79 Å². The SMILES string of the molecule is Clc1nc(C(Cl)(Cl)Cl)[nH]c1Cl. The van der Waals surface area contributed by atoms with Crippen LogP contribution in [0.15, 0.2) is 0 Å². The molecule has 1 aromatic heterocycles. The molecule has 2 nitrogen and oxygen atoms in total. The Balaban J connectivity index is 3.08. The lowest BCUT2D eigenvalue weighted by Crippen LogP contribution is -2.02. The number of nitrogens with zero attached hydrogens (tertiary/aromatic N) is 1. The molecule has 1 rings (SSSR count). The molecule has 0 fully saturated rings. The van der Waals surface area contributed by atoms with Gasteiger partial charge < -0.3 is 4.98 Å². The topological polar surface area (TPSA) is 28.7 Å². The summed E-state index contributed by atoms with van der Waals surface area (Å²) in [6.45, 7) is 0. The van der Waals surface area contributed by atoms with Gasteiger partial charge in [-0.25, -0.2) is 4.98 Å². The molecule has 0 aliphatic rings. The standard InChI is InChI=1S/C4HCl5N2/c5-1-2(6)11-3(10-1)4(7,8)9/h(H,10,11). The van der Waals surface area contributed by atoms with Crippen molar-refractivity contribution < 1.29 is 0 Å². The minimum Gasteiger partial charge on any atom is -0.328 e. The number of imidazole rings is 1. The Kier molecular flexibility index (Phi) is 2.83. The Hall–Kier alpha value is 0.660. The molecule has 0 aromatic carbocycles. The second kappa shape index (κ2) is 3.19. The van der Waals surface area contributed by atoms with Crippen LogP contribution in [0.4, 0.5) is 0 Å². The minimum absolute atomic E-state index is 0.0907. The number of aromatic amines is 1. The average molecular weight is 254 g/mol. The van der Waals surface area contributed by atoms with Gasteiger partial charge in [0.05, 0.1) is 0 Å². The van der Waals surface area contributed by atoms with Gasteiger partial charge >= 0.3 is 0 Å². The lowest BCUT2D eigenvalue weighted by atomic mass is 10.7. The van der Waals surface area contributed by atoms with Crippen LogP contribution in [0.25, 0.3) is 0 Å². The summed E-state index contributed by atoms with van der Waals surface area (Å²) in [4.78, 5) is 6.17. The van der Waals surface area contributed by atoms with Crippen molar-refractivity contribution in [2.45, 2.75) is 3.79 Å². The quantitative estimate of drug-likeness (QED) is 0.705. The molecule has 0 saturated heterocycles. The maximum atomic E-state index is 5.51. The zero-order valence-electron chi connectivity index (χ0n) is 4.84. The first kappa shape index (κ1) is 9.75. The monoisotopic (exact) mass is 252 g/mol. The zero-order valence-corrected chi connectivity index (χ0v) is 8.62. The summed E-state index contributed by atoms with van der Waals surface area (Å²) in [7, 11) is 0. The summed E-state index contributed by atoms with van der Waals surface area (Å²) >= 11 is 27.4. The zero-order chi connectivity index (χ0) is 8.65. The van der Waals surface area contributed by atoms with Crippen molar-refractivity contribution in [1.82, 2.24) is 9.97 Å². The Morgan fingerprint density at radius 3 is 1.91 bits per heavy atom. The van der Waals surface area contributed by atoms with E-state index >= 15 is 0 Å². The van der Waals surface area contributed by atoms with Gasteiger partial charge in [0.25, 0.3) is 0 Å². The van der Waals surface area contributed by atoms with Crippen molar-refractivity contribution in [3.8, 4) is 0 Å². The molecular weight excluding hydrogens is 253 g/mol. The van der Waals surface area contributed by atoms with E-state index < -0.39 is 3.79 Å². The molecule has 1 heterocycles. The molecule has 0 spiro atoms. The Morgan fingerprint density at radius 2 is 1.73 bits per heavy atom. The highest BCUT2D eigenvalue weighted by Crippen LogP contribution is 2.37. The Bertz CT molecular complexity index is 242. The van der Waals surface area contributed by atoms with Crippen molar-refractivity contribution in [2.24, 2.45) is 0 Å². The van der Waals surface area contributed by atoms with Crippen LogP contribution in [0.5, 0.6) is 0 Å². The first-order chi connectivity index (χ1) is 4.91. The fraction of sp³-hybridized carbons (Fsp3) is 0.250. The third-order valence-corrected chi connectivity index (χ3v) is 2.07. The highest BCUT2D eigenvalue weighted by Gasteiger charge is 2.27. The average Bonchev–Trinajstić information content (AvgIpc) is 2.11. The minimum atomic E-state index is -1.61. The Labute approximate surface area is 87.7 Å². The van der Waals surface area contributed by atoms with Crippen molar-refractivity contribution in [3.63, 3.8) is 0 Å². The Morgan fingerprint density at radius 1 is 1.18 bits per heavy atom. The number of rotatable bonds is 0. The van der Waals surface area contributed by atoms with E-state index in [4.69, 9.17) is 58.0 Å². The van der Waals surface area contributed by atoms with E-state index in [9.17, 15) is 0 Å². The molecule has 0 unspecified atom stereocenters. The number of nitrogens with one attached hydrogen (secondary N) is 1. The first-order valence-corrected chi connectivity index (χ1v) is 4.28. The summed E-state index contributed by atoms with van der Waals surface area (Å²) in [6.07, 6.45) is 0. The lowest BCUT2D eigenvalue weighted by Gasteiger charge is -2.04. The predicted octanol–water partition coefficient (Wildman–Crippen LogP) is 3.54. The maximum Gasteiger partial charge on any atom is 0.248 e. The summed E-state index contributed by atoms with van der Waals surface area (Å²) in [5.41, 5.74) is 0. The van der Waals surface area contributed by atoms with Crippen molar-refractivity contribution >= 4 is 58.0 Å². The molecule has 1 aromatic rings. The van der Waals surface area contributed by atoms with Gasteiger partial charge in [-0.1, -0.05) is 58.0 Å². The smallest absolute Gasteiger partial charge is 0.248 e. The van der Waals surface area contributed by atoms with Crippen molar-refractivity contribution in [3.05, 3.63) is 16.1 Å². The lowest BCUT2D eigenvalue weighted by molar-refractivity contribution is 1.03. The van der Waals surface area contributed by atoms with Crippen molar-refractivity contribution in [2.75, 3.05) is 0 Å². The third-order valence-electron chi connectivity index (χ3n) is 0.888. The van der Waals surface area contributed by atoms with Crippen LogP contribution in [-0.4, -0.2) is 9.97 Å². The van der Waals surface area contributed by atoms with Crippen LogP contribution in [0.3, 0.4) is 0 Å².